The van der Waals surface area contributed by atoms with E-state index in [9.17, 15) is 0 Å². The van der Waals surface area contributed by atoms with Crippen LogP contribution >= 0.6 is 0 Å². The van der Waals surface area contributed by atoms with E-state index in [2.05, 4.69) is 41.6 Å². The minimum atomic E-state index is 0.740. The summed E-state index contributed by atoms with van der Waals surface area (Å²) in [4.78, 5) is 2.42. The van der Waals surface area contributed by atoms with E-state index >= 15 is 0 Å². The van der Waals surface area contributed by atoms with Crippen LogP contribution in [0.25, 0.3) is 0 Å². The van der Waals surface area contributed by atoms with Gasteiger partial charge in [-0.25, -0.2) is 0 Å². The normalized spacial score (nSPS) is 19.9. The van der Waals surface area contributed by atoms with Crippen molar-refractivity contribution in [1.82, 2.24) is 14.7 Å². The molecule has 1 saturated heterocycles. The van der Waals surface area contributed by atoms with Gasteiger partial charge in [0.1, 0.15) is 0 Å². The maximum atomic E-state index is 5.41. The minimum Gasteiger partial charge on any atom is -0.381 e. The van der Waals surface area contributed by atoms with Gasteiger partial charge in [0, 0.05) is 25.4 Å². The fraction of sp³-hybridized carbons (Fsp3) is 0.786. The van der Waals surface area contributed by atoms with Gasteiger partial charge in [-0.3, -0.25) is 4.68 Å². The number of aromatic nitrogens is 2. The molecule has 0 aromatic carbocycles. The van der Waals surface area contributed by atoms with E-state index in [1.807, 2.05) is 0 Å². The summed E-state index contributed by atoms with van der Waals surface area (Å²) >= 11 is 0. The predicted molar refractivity (Wildman–Crippen MR) is 72.7 cm³/mol. The van der Waals surface area contributed by atoms with Crippen molar-refractivity contribution < 1.29 is 4.74 Å². The summed E-state index contributed by atoms with van der Waals surface area (Å²) in [5.74, 6) is 0.740. The summed E-state index contributed by atoms with van der Waals surface area (Å²) < 4.78 is 7.52. The highest BCUT2D eigenvalue weighted by atomic mass is 16.5. The van der Waals surface area contributed by atoms with E-state index in [1.165, 1.54) is 12.1 Å². The van der Waals surface area contributed by atoms with Crippen LogP contribution in [0.5, 0.6) is 0 Å². The molecule has 1 atom stereocenters. The van der Waals surface area contributed by atoms with E-state index in [0.29, 0.717) is 0 Å². The Morgan fingerprint density at radius 3 is 2.94 bits per heavy atom. The molecule has 1 aliphatic heterocycles. The topological polar surface area (TPSA) is 30.3 Å². The van der Waals surface area contributed by atoms with Crippen molar-refractivity contribution in [1.29, 1.82) is 0 Å². The Morgan fingerprint density at radius 2 is 2.33 bits per heavy atom. The molecule has 102 valence electrons. The van der Waals surface area contributed by atoms with Crippen molar-refractivity contribution in [2.24, 2.45) is 5.92 Å². The van der Waals surface area contributed by atoms with Crippen LogP contribution in [0, 0.1) is 19.8 Å². The monoisotopic (exact) mass is 251 g/mol. The van der Waals surface area contributed by atoms with E-state index in [4.69, 9.17) is 4.74 Å². The first-order chi connectivity index (χ1) is 8.65. The van der Waals surface area contributed by atoms with Gasteiger partial charge in [-0.1, -0.05) is 0 Å². The third-order valence-electron chi connectivity index (χ3n) is 3.61. The highest BCUT2D eigenvalue weighted by Crippen LogP contribution is 2.13. The molecule has 1 aromatic rings. The summed E-state index contributed by atoms with van der Waals surface area (Å²) in [6.07, 6.45) is 2.38. The zero-order chi connectivity index (χ0) is 13.0. The lowest BCUT2D eigenvalue weighted by atomic mass is 10.1. The summed E-state index contributed by atoms with van der Waals surface area (Å²) in [6, 6.07) is 2.14. The van der Waals surface area contributed by atoms with Crippen LogP contribution < -0.4 is 0 Å². The lowest BCUT2D eigenvalue weighted by molar-refractivity contribution is 0.173. The molecule has 18 heavy (non-hydrogen) atoms. The van der Waals surface area contributed by atoms with Crippen molar-refractivity contribution in [3.63, 3.8) is 0 Å². The summed E-state index contributed by atoms with van der Waals surface area (Å²) in [5, 5.41) is 4.49. The van der Waals surface area contributed by atoms with Gasteiger partial charge in [0.15, 0.2) is 0 Å². The molecule has 0 N–H and O–H groups in total. The molecule has 1 unspecified atom stereocenters. The predicted octanol–water partition coefficient (Wildman–Crippen LogP) is 1.86. The third kappa shape index (κ3) is 3.82. The maximum absolute atomic E-state index is 5.41. The largest absolute Gasteiger partial charge is 0.381 e. The van der Waals surface area contributed by atoms with E-state index in [1.54, 1.807) is 0 Å². The summed E-state index contributed by atoms with van der Waals surface area (Å²) in [5.41, 5.74) is 2.38. The number of hydrogen-bond acceptors (Lipinski definition) is 3. The number of aryl methyl sites for hydroxylation is 3. The molecular weight excluding hydrogens is 226 g/mol. The van der Waals surface area contributed by atoms with Crippen LogP contribution in [0.1, 0.15) is 24.2 Å². The molecule has 0 amide bonds. The molecule has 2 rings (SSSR count). The zero-order valence-corrected chi connectivity index (χ0v) is 11.9. The SMILES string of the molecule is Cc1cc(C)n(CCCN(C)CC2CCOC2)n1. The second-order valence-electron chi connectivity index (χ2n) is 5.50. The quantitative estimate of drug-likeness (QED) is 0.773. The lowest BCUT2D eigenvalue weighted by Gasteiger charge is -2.19. The molecule has 0 aliphatic carbocycles. The Hall–Kier alpha value is -0.870. The van der Waals surface area contributed by atoms with Gasteiger partial charge in [-0.15, -0.1) is 0 Å². The van der Waals surface area contributed by atoms with Crippen LogP contribution in [0.4, 0.5) is 0 Å². The molecule has 1 fully saturated rings. The summed E-state index contributed by atoms with van der Waals surface area (Å²) in [7, 11) is 2.21. The van der Waals surface area contributed by atoms with Crippen molar-refractivity contribution in [2.75, 3.05) is 33.4 Å². The van der Waals surface area contributed by atoms with Gasteiger partial charge in [0.2, 0.25) is 0 Å². The average Bonchev–Trinajstić information content (AvgIpc) is 2.89. The van der Waals surface area contributed by atoms with Gasteiger partial charge in [0.25, 0.3) is 0 Å². The number of nitrogens with zero attached hydrogens (tertiary/aromatic N) is 3. The smallest absolute Gasteiger partial charge is 0.0596 e. The van der Waals surface area contributed by atoms with E-state index < -0.39 is 0 Å². The molecule has 4 nitrogen and oxygen atoms in total. The van der Waals surface area contributed by atoms with Crippen LogP contribution in [-0.4, -0.2) is 48.0 Å². The van der Waals surface area contributed by atoms with Gasteiger partial charge in [-0.05, 0) is 52.3 Å². The Morgan fingerprint density at radius 1 is 1.50 bits per heavy atom. The molecule has 2 heterocycles. The van der Waals surface area contributed by atoms with E-state index in [0.717, 1.165) is 50.9 Å². The second-order valence-corrected chi connectivity index (χ2v) is 5.50. The molecule has 0 bridgehead atoms. The third-order valence-corrected chi connectivity index (χ3v) is 3.61. The van der Waals surface area contributed by atoms with Gasteiger partial charge >= 0.3 is 0 Å². The highest BCUT2D eigenvalue weighted by molar-refractivity contribution is 5.06. The Kier molecular flexibility index (Phi) is 4.78. The first-order valence-electron chi connectivity index (χ1n) is 6.92. The van der Waals surface area contributed by atoms with Crippen LogP contribution in [0.3, 0.4) is 0 Å². The first-order valence-corrected chi connectivity index (χ1v) is 6.92. The lowest BCUT2D eigenvalue weighted by Crippen LogP contribution is -2.27. The van der Waals surface area contributed by atoms with Crippen LogP contribution in [-0.2, 0) is 11.3 Å². The van der Waals surface area contributed by atoms with Crippen LogP contribution in [0.2, 0.25) is 0 Å². The second kappa shape index (κ2) is 6.34. The van der Waals surface area contributed by atoms with Gasteiger partial charge in [-0.2, -0.15) is 5.10 Å². The molecule has 0 spiro atoms. The average molecular weight is 251 g/mol. The van der Waals surface area contributed by atoms with E-state index in [-0.39, 0.29) is 0 Å². The number of hydrogen-bond donors (Lipinski definition) is 0. The zero-order valence-electron chi connectivity index (χ0n) is 11.9. The first kappa shape index (κ1) is 13.6. The van der Waals surface area contributed by atoms with Crippen molar-refractivity contribution in [3.05, 3.63) is 17.5 Å². The maximum Gasteiger partial charge on any atom is 0.0596 e. The fourth-order valence-electron chi connectivity index (χ4n) is 2.65. The van der Waals surface area contributed by atoms with Gasteiger partial charge in [0.05, 0.1) is 12.3 Å². The molecule has 4 heteroatoms. The minimum absolute atomic E-state index is 0.740. The van der Waals surface area contributed by atoms with Crippen molar-refractivity contribution in [3.8, 4) is 0 Å². The standard InChI is InChI=1S/C14H25N3O/c1-12-9-13(2)17(15-12)7-4-6-16(3)10-14-5-8-18-11-14/h9,14H,4-8,10-11H2,1-3H3. The molecular formula is C14H25N3O. The fourth-order valence-corrected chi connectivity index (χ4v) is 2.65. The molecule has 1 aromatic heterocycles. The van der Waals surface area contributed by atoms with Crippen molar-refractivity contribution in [2.45, 2.75) is 33.2 Å². The molecule has 1 aliphatic rings. The Balaban J connectivity index is 1.66. The Labute approximate surface area is 110 Å². The Bertz CT molecular complexity index is 369. The van der Waals surface area contributed by atoms with Crippen molar-refractivity contribution >= 4 is 0 Å². The summed E-state index contributed by atoms with van der Waals surface area (Å²) in [6.45, 7) is 9.39. The highest BCUT2D eigenvalue weighted by Gasteiger charge is 2.17. The van der Waals surface area contributed by atoms with Crippen LogP contribution in [0.15, 0.2) is 6.07 Å². The molecule has 0 saturated carbocycles. The number of ether oxygens (including phenoxy) is 1. The molecule has 0 radical (unpaired) electrons. The number of rotatable bonds is 6. The van der Waals surface area contributed by atoms with Gasteiger partial charge < -0.3 is 9.64 Å².